The lowest BCUT2D eigenvalue weighted by Gasteiger charge is -2.23. The largest absolute Gasteiger partial charge is 0.226 e. The van der Waals surface area contributed by atoms with Crippen LogP contribution in [0, 0.1) is 0 Å². The van der Waals surface area contributed by atoms with Crippen molar-refractivity contribution in [3.63, 3.8) is 0 Å². The molecular formula is C5H9NOS. The normalized spacial score (nSPS) is 25.8. The molecule has 0 amide bonds. The second-order valence-corrected chi connectivity index (χ2v) is 2.94. The molecule has 0 saturated carbocycles. The average molecular weight is 131 g/mol. The highest BCUT2D eigenvalue weighted by Gasteiger charge is 2.15. The smallest absolute Gasteiger partial charge is 0.0576 e. The molecule has 3 heteroatoms. The minimum absolute atomic E-state index is 0.00521. The summed E-state index contributed by atoms with van der Waals surface area (Å²) in [4.78, 5) is 0. The molecule has 1 aliphatic heterocycles. The monoisotopic (exact) mass is 131 g/mol. The summed E-state index contributed by atoms with van der Waals surface area (Å²) in [6, 6.07) is 0. The third-order valence-corrected chi connectivity index (χ3v) is 1.32. The lowest BCUT2D eigenvalue weighted by Crippen LogP contribution is -2.36. The minimum Gasteiger partial charge on any atom is -0.226 e. The van der Waals surface area contributed by atoms with Crippen LogP contribution in [0.15, 0.2) is 11.5 Å². The number of nitrogens with one attached hydrogen (secondary N) is 1. The lowest BCUT2D eigenvalue weighted by molar-refractivity contribution is 0.163. The van der Waals surface area contributed by atoms with E-state index < -0.39 is 0 Å². The van der Waals surface area contributed by atoms with Crippen LogP contribution in [0.4, 0.5) is 0 Å². The molecule has 0 spiro atoms. The van der Waals surface area contributed by atoms with Gasteiger partial charge in [-0.2, -0.15) is 5.48 Å². The van der Waals surface area contributed by atoms with Crippen LogP contribution in [0.1, 0.15) is 13.8 Å². The molecule has 0 aromatic heterocycles. The maximum Gasteiger partial charge on any atom is 0.0576 e. The zero-order chi connectivity index (χ0) is 6.04. The molecule has 0 bridgehead atoms. The van der Waals surface area contributed by atoms with E-state index in [-0.39, 0.29) is 5.54 Å². The van der Waals surface area contributed by atoms with Crippen LogP contribution >= 0.6 is 12.0 Å². The van der Waals surface area contributed by atoms with Gasteiger partial charge in [0.05, 0.1) is 5.54 Å². The molecule has 0 saturated heterocycles. The molecule has 2 nitrogen and oxygen atoms in total. The Balaban J connectivity index is 2.56. The molecule has 1 heterocycles. The van der Waals surface area contributed by atoms with Crippen LogP contribution in [0.25, 0.3) is 0 Å². The molecule has 1 rings (SSSR count). The van der Waals surface area contributed by atoms with Gasteiger partial charge in [0.1, 0.15) is 0 Å². The maximum atomic E-state index is 4.86. The third-order valence-electron chi connectivity index (χ3n) is 0.893. The van der Waals surface area contributed by atoms with Gasteiger partial charge in [0, 0.05) is 12.0 Å². The quantitative estimate of drug-likeness (QED) is 0.503. The van der Waals surface area contributed by atoms with Crippen molar-refractivity contribution in [2.45, 2.75) is 19.4 Å². The topological polar surface area (TPSA) is 21.3 Å². The molecule has 8 heavy (non-hydrogen) atoms. The molecular weight excluding hydrogens is 122 g/mol. The third kappa shape index (κ3) is 1.51. The predicted octanol–water partition coefficient (Wildman–Crippen LogP) is 1.46. The van der Waals surface area contributed by atoms with Gasteiger partial charge in [-0.05, 0) is 19.3 Å². The molecule has 0 aromatic rings. The minimum atomic E-state index is 0.00521. The second-order valence-electron chi connectivity index (χ2n) is 2.31. The molecule has 0 fully saturated rings. The van der Waals surface area contributed by atoms with Gasteiger partial charge in [-0.3, -0.25) is 0 Å². The molecule has 0 atom stereocenters. The highest BCUT2D eigenvalue weighted by molar-refractivity contribution is 7.97. The number of hydrogen-bond donors (Lipinski definition) is 1. The Kier molecular flexibility index (Phi) is 1.60. The van der Waals surface area contributed by atoms with Crippen molar-refractivity contribution in [1.82, 2.24) is 5.48 Å². The molecule has 0 unspecified atom stereocenters. The van der Waals surface area contributed by atoms with Crippen molar-refractivity contribution in [1.29, 1.82) is 0 Å². The summed E-state index contributed by atoms with van der Waals surface area (Å²) >= 11 is 1.31. The molecule has 1 aliphatic rings. The second kappa shape index (κ2) is 2.09. The van der Waals surface area contributed by atoms with Gasteiger partial charge >= 0.3 is 0 Å². The summed E-state index contributed by atoms with van der Waals surface area (Å²) in [7, 11) is 0. The van der Waals surface area contributed by atoms with Crippen molar-refractivity contribution >= 4 is 12.0 Å². The Labute approximate surface area is 53.5 Å². The highest BCUT2D eigenvalue weighted by atomic mass is 32.2. The Morgan fingerprint density at radius 1 is 1.62 bits per heavy atom. The molecule has 46 valence electrons. The lowest BCUT2D eigenvalue weighted by atomic mass is 10.1. The Bertz CT molecular complexity index is 111. The van der Waals surface area contributed by atoms with Crippen LogP contribution in [0.5, 0.6) is 0 Å². The summed E-state index contributed by atoms with van der Waals surface area (Å²) in [5.74, 6) is 0. The van der Waals surface area contributed by atoms with E-state index in [1.807, 2.05) is 19.3 Å². The van der Waals surface area contributed by atoms with E-state index in [9.17, 15) is 0 Å². The number of rotatable bonds is 0. The van der Waals surface area contributed by atoms with Crippen LogP contribution in [0.3, 0.4) is 0 Å². The SMILES string of the molecule is CC1(C)C=CSON1. The van der Waals surface area contributed by atoms with E-state index in [1.165, 1.54) is 12.0 Å². The van der Waals surface area contributed by atoms with E-state index in [0.717, 1.165) is 0 Å². The van der Waals surface area contributed by atoms with Gasteiger partial charge in [0.25, 0.3) is 0 Å². The zero-order valence-corrected chi connectivity index (χ0v) is 5.79. The molecule has 1 N–H and O–H groups in total. The van der Waals surface area contributed by atoms with Gasteiger partial charge in [-0.15, -0.1) is 0 Å². The first-order valence-electron chi connectivity index (χ1n) is 2.48. The van der Waals surface area contributed by atoms with Crippen molar-refractivity contribution in [2.24, 2.45) is 0 Å². The highest BCUT2D eigenvalue weighted by Crippen LogP contribution is 2.16. The molecule has 0 aliphatic carbocycles. The first-order valence-corrected chi connectivity index (χ1v) is 3.28. The average Bonchev–Trinajstić information content (AvgIpc) is 1.65. The van der Waals surface area contributed by atoms with Crippen molar-refractivity contribution in [2.75, 3.05) is 0 Å². The van der Waals surface area contributed by atoms with Crippen LogP contribution < -0.4 is 5.48 Å². The molecule has 0 radical (unpaired) electrons. The summed E-state index contributed by atoms with van der Waals surface area (Å²) in [5.41, 5.74) is 2.84. The maximum absolute atomic E-state index is 4.86. The summed E-state index contributed by atoms with van der Waals surface area (Å²) < 4.78 is 4.86. The number of hydroxylamine groups is 1. The summed E-state index contributed by atoms with van der Waals surface area (Å²) in [5, 5.41) is 1.93. The van der Waals surface area contributed by atoms with E-state index in [0.29, 0.717) is 0 Å². The Morgan fingerprint density at radius 2 is 2.38 bits per heavy atom. The van der Waals surface area contributed by atoms with Gasteiger partial charge in [-0.25, -0.2) is 4.28 Å². The van der Waals surface area contributed by atoms with Gasteiger partial charge in [0.15, 0.2) is 0 Å². The van der Waals surface area contributed by atoms with Crippen LogP contribution in [-0.2, 0) is 4.28 Å². The van der Waals surface area contributed by atoms with Crippen LogP contribution in [-0.4, -0.2) is 5.54 Å². The van der Waals surface area contributed by atoms with Crippen molar-refractivity contribution < 1.29 is 4.28 Å². The standard InChI is InChI=1S/C5H9NOS/c1-5(2)3-4-8-7-6-5/h3-4,6H,1-2H3. The van der Waals surface area contributed by atoms with E-state index in [4.69, 9.17) is 4.28 Å². The first-order chi connectivity index (χ1) is 3.71. The van der Waals surface area contributed by atoms with Gasteiger partial charge < -0.3 is 0 Å². The fraction of sp³-hybridized carbons (Fsp3) is 0.600. The van der Waals surface area contributed by atoms with E-state index in [1.54, 1.807) is 0 Å². The van der Waals surface area contributed by atoms with E-state index >= 15 is 0 Å². The molecule has 0 aromatic carbocycles. The van der Waals surface area contributed by atoms with Crippen molar-refractivity contribution in [3.8, 4) is 0 Å². The fourth-order valence-electron chi connectivity index (χ4n) is 0.391. The Morgan fingerprint density at radius 3 is 2.62 bits per heavy atom. The number of hydrogen-bond acceptors (Lipinski definition) is 3. The predicted molar refractivity (Wildman–Crippen MR) is 35.0 cm³/mol. The van der Waals surface area contributed by atoms with Gasteiger partial charge in [-0.1, -0.05) is 6.08 Å². The summed E-state index contributed by atoms with van der Waals surface area (Å²) in [6.07, 6.45) is 2.06. The van der Waals surface area contributed by atoms with Crippen molar-refractivity contribution in [3.05, 3.63) is 11.5 Å². The Hall–Kier alpha value is 0.01000. The fourth-order valence-corrected chi connectivity index (χ4v) is 1.11. The zero-order valence-electron chi connectivity index (χ0n) is 4.97. The van der Waals surface area contributed by atoms with Crippen LogP contribution in [0.2, 0.25) is 0 Å². The van der Waals surface area contributed by atoms with Gasteiger partial charge in [0.2, 0.25) is 0 Å². The summed E-state index contributed by atoms with van der Waals surface area (Å²) in [6.45, 7) is 4.09. The first kappa shape index (κ1) is 6.13. The van der Waals surface area contributed by atoms with E-state index in [2.05, 4.69) is 11.6 Å².